The van der Waals surface area contributed by atoms with Gasteiger partial charge in [-0.2, -0.15) is 0 Å². The molecule has 3 nitrogen and oxygen atoms in total. The average molecular weight is 431 g/mol. The Kier molecular flexibility index (Phi) is 5.84. The first kappa shape index (κ1) is 21.3. The first-order valence-electron chi connectivity index (χ1n) is 12.2. The molecule has 0 spiro atoms. The van der Waals surface area contributed by atoms with Crippen LogP contribution in [0.5, 0.6) is 11.5 Å². The molecule has 0 N–H and O–H groups in total. The Morgan fingerprint density at radius 2 is 1.66 bits per heavy atom. The van der Waals surface area contributed by atoms with Crippen molar-refractivity contribution in [2.24, 2.45) is 23.2 Å². The van der Waals surface area contributed by atoms with Gasteiger partial charge in [-0.05, 0) is 104 Å². The maximum absolute atomic E-state index is 13.3. The lowest BCUT2D eigenvalue weighted by atomic mass is 9.48. The number of methoxy groups -OCH3 is 1. The molecule has 32 heavy (non-hydrogen) atoms. The second-order valence-corrected chi connectivity index (χ2v) is 10.3. The van der Waals surface area contributed by atoms with Crippen LogP contribution in [0, 0.1) is 23.2 Å². The molecule has 4 bridgehead atoms. The van der Waals surface area contributed by atoms with Gasteiger partial charge in [0, 0.05) is 11.0 Å². The fourth-order valence-electron chi connectivity index (χ4n) is 6.76. The Morgan fingerprint density at radius 3 is 2.25 bits per heavy atom. The maximum Gasteiger partial charge on any atom is 0.161 e. The van der Waals surface area contributed by atoms with Gasteiger partial charge in [0.05, 0.1) is 7.11 Å². The van der Waals surface area contributed by atoms with Crippen LogP contribution in [0.2, 0.25) is 0 Å². The zero-order chi connectivity index (χ0) is 22.1. The van der Waals surface area contributed by atoms with E-state index in [0.717, 1.165) is 66.1 Å². The summed E-state index contributed by atoms with van der Waals surface area (Å²) in [6.07, 6.45) is 12.3. The topological polar surface area (TPSA) is 35.5 Å². The Bertz CT molecular complexity index is 966. The van der Waals surface area contributed by atoms with Crippen molar-refractivity contribution in [3.63, 3.8) is 0 Å². The molecule has 0 saturated heterocycles. The van der Waals surface area contributed by atoms with Gasteiger partial charge in [0.2, 0.25) is 0 Å². The van der Waals surface area contributed by atoms with Gasteiger partial charge in [-0.3, -0.25) is 4.79 Å². The molecule has 0 amide bonds. The van der Waals surface area contributed by atoms with Gasteiger partial charge in [-0.1, -0.05) is 31.2 Å². The van der Waals surface area contributed by atoms with Crippen molar-refractivity contribution in [3.05, 3.63) is 65.2 Å². The zero-order valence-corrected chi connectivity index (χ0v) is 19.3. The van der Waals surface area contributed by atoms with E-state index in [4.69, 9.17) is 9.47 Å². The molecule has 0 aliphatic heterocycles. The number of ketones is 1. The van der Waals surface area contributed by atoms with Crippen LogP contribution in [0.1, 0.15) is 62.1 Å². The minimum Gasteiger partial charge on any atom is -0.496 e. The highest BCUT2D eigenvalue weighted by atomic mass is 16.5. The molecular weight excluding hydrogens is 396 g/mol. The van der Waals surface area contributed by atoms with E-state index in [-0.39, 0.29) is 5.41 Å². The van der Waals surface area contributed by atoms with Gasteiger partial charge in [-0.25, -0.2) is 0 Å². The molecule has 2 aromatic rings. The van der Waals surface area contributed by atoms with Crippen molar-refractivity contribution in [1.29, 1.82) is 0 Å². The minimum atomic E-state index is -0.0751. The van der Waals surface area contributed by atoms with E-state index in [9.17, 15) is 4.79 Å². The number of carbonyl (C=O) groups excluding carboxylic acids is 1. The van der Waals surface area contributed by atoms with Gasteiger partial charge in [0.15, 0.2) is 5.78 Å². The zero-order valence-electron chi connectivity index (χ0n) is 19.3. The van der Waals surface area contributed by atoms with E-state index in [1.807, 2.05) is 36.4 Å². The average Bonchev–Trinajstić information content (AvgIpc) is 2.80. The van der Waals surface area contributed by atoms with Gasteiger partial charge in [-0.15, -0.1) is 0 Å². The predicted octanol–water partition coefficient (Wildman–Crippen LogP) is 6.64. The lowest BCUT2D eigenvalue weighted by Gasteiger charge is -2.55. The van der Waals surface area contributed by atoms with Crippen molar-refractivity contribution < 1.29 is 14.3 Å². The first-order valence-corrected chi connectivity index (χ1v) is 12.2. The molecule has 0 atom stereocenters. The summed E-state index contributed by atoms with van der Waals surface area (Å²) in [5, 5.41) is 0. The third-order valence-corrected chi connectivity index (χ3v) is 8.02. The van der Waals surface area contributed by atoms with Crippen molar-refractivity contribution in [2.45, 2.75) is 58.5 Å². The molecule has 4 saturated carbocycles. The normalized spacial score (nSPS) is 28.2. The highest BCUT2D eigenvalue weighted by Gasteiger charge is 2.53. The van der Waals surface area contributed by atoms with E-state index < -0.39 is 0 Å². The summed E-state index contributed by atoms with van der Waals surface area (Å²) in [5.74, 6) is 4.36. The van der Waals surface area contributed by atoms with Gasteiger partial charge in [0.25, 0.3) is 0 Å². The minimum absolute atomic E-state index is 0.0751. The lowest BCUT2D eigenvalue weighted by molar-refractivity contribution is -0.138. The fraction of sp³-hybridized carbons (Fsp3) is 0.483. The molecule has 4 fully saturated rings. The molecule has 0 heterocycles. The number of ether oxygens (including phenoxy) is 2. The van der Waals surface area contributed by atoms with E-state index in [0.29, 0.717) is 12.4 Å². The summed E-state index contributed by atoms with van der Waals surface area (Å²) in [4.78, 5) is 13.3. The number of hydrogen-bond acceptors (Lipinski definition) is 3. The summed E-state index contributed by atoms with van der Waals surface area (Å²) in [7, 11) is 1.68. The smallest absolute Gasteiger partial charge is 0.161 e. The summed E-state index contributed by atoms with van der Waals surface area (Å²) >= 11 is 0. The SMILES string of the molecule is CCc1ccc(OCc2cc(/C=C/C(=O)C34CC5CC(CC(C5)C3)C4)ccc2OC)cc1. The standard InChI is InChI=1S/C29H34O3/c1-3-20-4-8-26(9-5-20)32-19-25-15-21(6-10-27(25)31-2)7-11-28(30)29-16-22-12-23(17-29)14-24(13-22)18-29/h4-11,15,22-24H,3,12-14,16-19H2,1-2H3/b11-7+. The number of allylic oxidation sites excluding steroid dienone is 1. The molecule has 0 radical (unpaired) electrons. The first-order chi connectivity index (χ1) is 15.6. The predicted molar refractivity (Wildman–Crippen MR) is 128 cm³/mol. The van der Waals surface area contributed by atoms with Gasteiger partial charge in [0.1, 0.15) is 18.1 Å². The fourth-order valence-corrected chi connectivity index (χ4v) is 6.76. The van der Waals surface area contributed by atoms with Crippen LogP contribution in [0.15, 0.2) is 48.5 Å². The van der Waals surface area contributed by atoms with Crippen molar-refractivity contribution in [2.75, 3.05) is 7.11 Å². The summed E-state index contributed by atoms with van der Waals surface area (Å²) in [5.41, 5.74) is 3.22. The van der Waals surface area contributed by atoms with E-state index in [2.05, 4.69) is 25.1 Å². The molecule has 168 valence electrons. The molecule has 3 heteroatoms. The Labute approximate surface area is 191 Å². The van der Waals surface area contributed by atoms with Crippen LogP contribution in [-0.2, 0) is 17.8 Å². The maximum atomic E-state index is 13.3. The Balaban J connectivity index is 1.28. The monoisotopic (exact) mass is 430 g/mol. The van der Waals surface area contributed by atoms with Crippen LogP contribution >= 0.6 is 0 Å². The van der Waals surface area contributed by atoms with E-state index >= 15 is 0 Å². The molecule has 2 aromatic carbocycles. The third-order valence-electron chi connectivity index (χ3n) is 8.02. The number of aryl methyl sites for hydroxylation is 1. The number of hydrogen-bond donors (Lipinski definition) is 0. The van der Waals surface area contributed by atoms with Crippen LogP contribution in [0.25, 0.3) is 6.08 Å². The summed E-state index contributed by atoms with van der Waals surface area (Å²) < 4.78 is 11.6. The van der Waals surface area contributed by atoms with Gasteiger partial charge >= 0.3 is 0 Å². The molecule has 6 rings (SSSR count). The lowest BCUT2D eigenvalue weighted by Crippen LogP contribution is -2.49. The van der Waals surface area contributed by atoms with Crippen molar-refractivity contribution in [1.82, 2.24) is 0 Å². The molecule has 4 aliphatic rings. The van der Waals surface area contributed by atoms with Crippen LogP contribution < -0.4 is 9.47 Å². The second kappa shape index (κ2) is 8.77. The largest absolute Gasteiger partial charge is 0.496 e. The second-order valence-electron chi connectivity index (χ2n) is 10.3. The Hall–Kier alpha value is -2.55. The van der Waals surface area contributed by atoms with Crippen LogP contribution in [0.3, 0.4) is 0 Å². The highest BCUT2D eigenvalue weighted by Crippen LogP contribution is 2.60. The number of carbonyl (C=O) groups is 1. The van der Waals surface area contributed by atoms with E-state index in [1.54, 1.807) is 7.11 Å². The number of benzene rings is 2. The highest BCUT2D eigenvalue weighted by molar-refractivity contribution is 5.98. The van der Waals surface area contributed by atoms with E-state index in [1.165, 1.54) is 24.8 Å². The Morgan fingerprint density at radius 1 is 1.00 bits per heavy atom. The summed E-state index contributed by atoms with van der Waals surface area (Å²) in [6.45, 7) is 2.58. The molecule has 0 aromatic heterocycles. The quantitative estimate of drug-likeness (QED) is 0.441. The van der Waals surface area contributed by atoms with Gasteiger partial charge < -0.3 is 9.47 Å². The van der Waals surface area contributed by atoms with Crippen LogP contribution in [-0.4, -0.2) is 12.9 Å². The van der Waals surface area contributed by atoms with Crippen molar-refractivity contribution in [3.8, 4) is 11.5 Å². The summed E-state index contributed by atoms with van der Waals surface area (Å²) in [6, 6.07) is 14.3. The molecule has 0 unspecified atom stereocenters. The molecule has 4 aliphatic carbocycles. The number of rotatable bonds is 8. The third kappa shape index (κ3) is 4.22. The van der Waals surface area contributed by atoms with Crippen molar-refractivity contribution >= 4 is 11.9 Å². The van der Waals surface area contributed by atoms with Crippen LogP contribution in [0.4, 0.5) is 0 Å². The molecular formula is C29H34O3.